The van der Waals surface area contributed by atoms with Gasteiger partial charge in [0, 0.05) is 25.2 Å². The van der Waals surface area contributed by atoms with E-state index in [1.165, 1.54) is 0 Å². The quantitative estimate of drug-likeness (QED) is 0.377. The second-order valence-electron chi connectivity index (χ2n) is 12.4. The third kappa shape index (κ3) is 6.14. The monoisotopic (exact) mass is 516 g/mol. The molecule has 2 heterocycles. The Kier molecular flexibility index (Phi) is 8.01. The van der Waals surface area contributed by atoms with Crippen LogP contribution in [0.5, 0.6) is 5.75 Å². The summed E-state index contributed by atoms with van der Waals surface area (Å²) in [6, 6.07) is 7.83. The number of ether oxygens (including phenoxy) is 2. The van der Waals surface area contributed by atoms with Crippen LogP contribution in [0.2, 0.25) is 18.1 Å². The molecular formula is C28H44N2O5Si. The van der Waals surface area contributed by atoms with E-state index >= 15 is 0 Å². The van der Waals surface area contributed by atoms with Crippen molar-refractivity contribution in [1.82, 2.24) is 9.80 Å². The lowest BCUT2D eigenvalue weighted by Gasteiger charge is -2.50. The standard InChI is InChI=1S/C28H44N2O5Si/c1-11-33-25(31)24-22(19-12-14-21(15-13-19)35-36(9,10)28(5,6)7)16-20-17-30(18-23(24)29(20)8)26(32)34-27(2,3)4/h12-16,20,23-24H,11,17-18H2,1-10H3/t20-,23-,24?/m1/s1. The minimum absolute atomic E-state index is 0.0277. The van der Waals surface area contributed by atoms with E-state index in [-0.39, 0.29) is 29.2 Å². The summed E-state index contributed by atoms with van der Waals surface area (Å²) >= 11 is 0. The SMILES string of the molecule is CCOC(=O)C1C(c2ccc(O[Si](C)(C)C(C)(C)C)cc2)=C[C@@H]2CN(C(=O)OC(C)(C)C)C[C@H]1N2C. The first-order chi connectivity index (χ1) is 16.5. The highest BCUT2D eigenvalue weighted by molar-refractivity contribution is 6.74. The molecule has 0 aliphatic carbocycles. The summed E-state index contributed by atoms with van der Waals surface area (Å²) in [6.07, 6.45) is 1.76. The number of carbonyl (C=O) groups is 2. The van der Waals surface area contributed by atoms with Crippen LogP contribution >= 0.6 is 0 Å². The van der Waals surface area contributed by atoms with E-state index in [2.05, 4.69) is 44.8 Å². The smallest absolute Gasteiger partial charge is 0.410 e. The molecule has 3 atom stereocenters. The molecule has 1 aromatic rings. The van der Waals surface area contributed by atoms with Gasteiger partial charge in [-0.15, -0.1) is 0 Å². The molecule has 7 nitrogen and oxygen atoms in total. The molecule has 1 fully saturated rings. The van der Waals surface area contributed by atoms with Gasteiger partial charge in [-0.25, -0.2) is 4.79 Å². The van der Waals surface area contributed by atoms with Crippen molar-refractivity contribution in [2.75, 3.05) is 26.7 Å². The van der Waals surface area contributed by atoms with E-state index in [0.29, 0.717) is 19.7 Å². The van der Waals surface area contributed by atoms with Gasteiger partial charge >= 0.3 is 12.1 Å². The molecule has 8 heteroatoms. The number of piperazine rings is 1. The molecule has 2 aliphatic rings. The third-order valence-electron chi connectivity index (χ3n) is 7.51. The van der Waals surface area contributed by atoms with Crippen LogP contribution in [0.25, 0.3) is 5.57 Å². The summed E-state index contributed by atoms with van der Waals surface area (Å²) in [6.45, 7) is 19.7. The molecule has 36 heavy (non-hydrogen) atoms. The molecule has 1 amide bonds. The summed E-state index contributed by atoms with van der Waals surface area (Å²) in [4.78, 5) is 30.0. The number of benzene rings is 1. The van der Waals surface area contributed by atoms with Crippen LogP contribution in [0.1, 0.15) is 54.0 Å². The van der Waals surface area contributed by atoms with Gasteiger partial charge in [0.05, 0.1) is 12.5 Å². The molecule has 0 spiro atoms. The molecule has 2 aliphatic heterocycles. The normalized spacial score (nSPS) is 23.1. The van der Waals surface area contributed by atoms with Crippen molar-refractivity contribution in [2.45, 2.75) is 84.3 Å². The van der Waals surface area contributed by atoms with E-state index < -0.39 is 19.8 Å². The summed E-state index contributed by atoms with van der Waals surface area (Å²) < 4.78 is 17.6. The number of hydrogen-bond donors (Lipinski definition) is 0. The molecule has 1 aromatic carbocycles. The largest absolute Gasteiger partial charge is 0.544 e. The number of hydrogen-bond acceptors (Lipinski definition) is 6. The van der Waals surface area contributed by atoms with Crippen molar-refractivity contribution in [3.63, 3.8) is 0 Å². The predicted octanol–water partition coefficient (Wildman–Crippen LogP) is 5.57. The Morgan fingerprint density at radius 2 is 1.64 bits per heavy atom. The van der Waals surface area contributed by atoms with Crippen LogP contribution in [-0.2, 0) is 14.3 Å². The van der Waals surface area contributed by atoms with Crippen LogP contribution in [-0.4, -0.2) is 74.6 Å². The second-order valence-corrected chi connectivity index (χ2v) is 17.1. The van der Waals surface area contributed by atoms with Crippen molar-refractivity contribution >= 4 is 26.0 Å². The van der Waals surface area contributed by atoms with E-state index in [1.807, 2.05) is 59.0 Å². The summed E-state index contributed by atoms with van der Waals surface area (Å²) in [7, 11) is 0.0584. The third-order valence-corrected chi connectivity index (χ3v) is 11.9. The molecule has 3 rings (SSSR count). The number of nitrogens with zero attached hydrogens (tertiary/aromatic N) is 2. The summed E-state index contributed by atoms with van der Waals surface area (Å²) in [5.74, 6) is 0.0677. The number of fused-ring (bicyclic) bond motifs is 2. The topological polar surface area (TPSA) is 68.3 Å². The molecule has 0 N–H and O–H groups in total. The van der Waals surface area contributed by atoms with Crippen LogP contribution < -0.4 is 4.43 Å². The zero-order valence-corrected chi connectivity index (χ0v) is 24.7. The first-order valence-electron chi connectivity index (χ1n) is 12.9. The fourth-order valence-electron chi connectivity index (χ4n) is 4.49. The Morgan fingerprint density at radius 1 is 1.03 bits per heavy atom. The van der Waals surface area contributed by atoms with Crippen molar-refractivity contribution in [3.8, 4) is 5.75 Å². The van der Waals surface area contributed by atoms with Gasteiger partial charge in [-0.3, -0.25) is 9.69 Å². The van der Waals surface area contributed by atoms with Crippen molar-refractivity contribution in [1.29, 1.82) is 0 Å². The molecule has 200 valence electrons. The van der Waals surface area contributed by atoms with Gasteiger partial charge in [-0.05, 0) is 76.1 Å². The van der Waals surface area contributed by atoms with E-state index in [0.717, 1.165) is 16.9 Å². The Morgan fingerprint density at radius 3 is 2.17 bits per heavy atom. The van der Waals surface area contributed by atoms with Gasteiger partial charge in [-0.1, -0.05) is 39.0 Å². The maximum Gasteiger partial charge on any atom is 0.410 e. The van der Waals surface area contributed by atoms with E-state index in [1.54, 1.807) is 4.90 Å². The van der Waals surface area contributed by atoms with E-state index in [4.69, 9.17) is 13.9 Å². The molecule has 0 saturated carbocycles. The van der Waals surface area contributed by atoms with Gasteiger partial charge in [0.15, 0.2) is 0 Å². The van der Waals surface area contributed by atoms with Crippen LogP contribution in [0, 0.1) is 5.92 Å². The van der Waals surface area contributed by atoms with Gasteiger partial charge in [0.25, 0.3) is 0 Å². The van der Waals surface area contributed by atoms with Gasteiger partial charge < -0.3 is 18.8 Å². The van der Waals surface area contributed by atoms with Crippen molar-refractivity contribution in [2.24, 2.45) is 5.92 Å². The number of carbonyl (C=O) groups excluding carboxylic acids is 2. The highest BCUT2D eigenvalue weighted by Crippen LogP contribution is 2.40. The summed E-state index contributed by atoms with van der Waals surface area (Å²) in [5.41, 5.74) is 1.35. The average Bonchev–Trinajstić information content (AvgIpc) is 2.72. The zero-order valence-electron chi connectivity index (χ0n) is 23.7. The maximum absolute atomic E-state index is 13.3. The van der Waals surface area contributed by atoms with Crippen LogP contribution in [0.15, 0.2) is 30.3 Å². The Bertz CT molecular complexity index is 991. The highest BCUT2D eigenvalue weighted by atomic mass is 28.4. The maximum atomic E-state index is 13.3. The molecular weight excluding hydrogens is 472 g/mol. The molecule has 0 aromatic heterocycles. The number of likely N-dealkylation sites (N-methyl/N-ethyl adjacent to an activating group) is 1. The minimum atomic E-state index is -1.95. The van der Waals surface area contributed by atoms with Crippen LogP contribution in [0.4, 0.5) is 4.79 Å². The molecule has 2 bridgehead atoms. The van der Waals surface area contributed by atoms with Gasteiger partial charge in [0.1, 0.15) is 11.4 Å². The van der Waals surface area contributed by atoms with E-state index in [9.17, 15) is 9.59 Å². The number of rotatable bonds is 5. The van der Waals surface area contributed by atoms with Crippen molar-refractivity contribution in [3.05, 3.63) is 35.9 Å². The zero-order chi connectivity index (χ0) is 27.1. The van der Waals surface area contributed by atoms with Gasteiger partial charge in [-0.2, -0.15) is 0 Å². The predicted molar refractivity (Wildman–Crippen MR) is 146 cm³/mol. The fourth-order valence-corrected chi connectivity index (χ4v) is 5.52. The molecule has 0 radical (unpaired) electrons. The average molecular weight is 517 g/mol. The fraction of sp³-hybridized carbons (Fsp3) is 0.643. The summed E-state index contributed by atoms with van der Waals surface area (Å²) in [5, 5.41) is 0.106. The Labute approximate surface area is 217 Å². The molecule has 1 unspecified atom stereocenters. The van der Waals surface area contributed by atoms with Gasteiger partial charge in [0.2, 0.25) is 8.32 Å². The minimum Gasteiger partial charge on any atom is -0.544 e. The number of esters is 1. The first-order valence-corrected chi connectivity index (χ1v) is 15.8. The lowest BCUT2D eigenvalue weighted by Crippen LogP contribution is -2.63. The number of amides is 1. The van der Waals surface area contributed by atoms with Crippen LogP contribution in [0.3, 0.4) is 0 Å². The lowest BCUT2D eigenvalue weighted by molar-refractivity contribution is -0.149. The highest BCUT2D eigenvalue weighted by Gasteiger charge is 2.47. The molecule has 1 saturated heterocycles. The lowest BCUT2D eigenvalue weighted by atomic mass is 9.79. The Hall–Kier alpha value is -2.32. The first kappa shape index (κ1) is 28.3. The Balaban J connectivity index is 1.93. The van der Waals surface area contributed by atoms with Crippen molar-refractivity contribution < 1.29 is 23.5 Å². The second kappa shape index (κ2) is 10.2.